The van der Waals surface area contributed by atoms with Crippen LogP contribution in [0.5, 0.6) is 0 Å². The summed E-state index contributed by atoms with van der Waals surface area (Å²) in [5.41, 5.74) is 6.34. The summed E-state index contributed by atoms with van der Waals surface area (Å²) in [5.74, 6) is 1.26. The Kier molecular flexibility index (Phi) is 6.20. The van der Waals surface area contributed by atoms with Crippen molar-refractivity contribution < 1.29 is 4.79 Å². The van der Waals surface area contributed by atoms with Crippen LogP contribution >= 0.6 is 0 Å². The predicted molar refractivity (Wildman–Crippen MR) is 149 cm³/mol. The van der Waals surface area contributed by atoms with Gasteiger partial charge in [-0.2, -0.15) is 4.98 Å². The quantitative estimate of drug-likeness (QED) is 0.530. The maximum atomic E-state index is 13.9. The van der Waals surface area contributed by atoms with Crippen LogP contribution in [0.15, 0.2) is 48.7 Å². The van der Waals surface area contributed by atoms with Gasteiger partial charge in [0.1, 0.15) is 5.82 Å². The molecule has 3 heterocycles. The van der Waals surface area contributed by atoms with Crippen molar-refractivity contribution in [2.45, 2.75) is 45.7 Å². The van der Waals surface area contributed by atoms with E-state index < -0.39 is 0 Å². The second-order valence-corrected chi connectivity index (χ2v) is 10.6. The van der Waals surface area contributed by atoms with E-state index in [1.54, 1.807) is 0 Å². The molecule has 1 aromatic heterocycles. The minimum absolute atomic E-state index is 0.00998. The van der Waals surface area contributed by atoms with Crippen molar-refractivity contribution in [1.82, 2.24) is 14.9 Å². The summed E-state index contributed by atoms with van der Waals surface area (Å²) >= 11 is 0. The molecule has 1 saturated carbocycles. The first-order valence-corrected chi connectivity index (χ1v) is 13.3. The summed E-state index contributed by atoms with van der Waals surface area (Å²) in [6.07, 6.45) is 5.03. The van der Waals surface area contributed by atoms with Gasteiger partial charge in [0.2, 0.25) is 5.95 Å². The second kappa shape index (κ2) is 9.67. The highest BCUT2D eigenvalue weighted by Crippen LogP contribution is 2.39. The van der Waals surface area contributed by atoms with Gasteiger partial charge < -0.3 is 15.1 Å². The first kappa shape index (κ1) is 23.7. The molecule has 3 aromatic rings. The van der Waals surface area contributed by atoms with Crippen LogP contribution in [0.25, 0.3) is 0 Å². The van der Waals surface area contributed by atoms with E-state index in [1.165, 1.54) is 5.69 Å². The molecule has 0 atom stereocenters. The zero-order valence-corrected chi connectivity index (χ0v) is 21.9. The number of urea groups is 1. The third kappa shape index (κ3) is 4.50. The highest BCUT2D eigenvalue weighted by atomic mass is 16.2. The number of para-hydroxylation sites is 1. The van der Waals surface area contributed by atoms with Gasteiger partial charge in [-0.1, -0.05) is 18.2 Å². The Bertz CT molecular complexity index is 1280. The number of likely N-dealkylation sites (N-methyl/N-ethyl adjacent to an activating group) is 1. The number of amides is 2. The molecule has 0 unspecified atom stereocenters. The van der Waals surface area contributed by atoms with Gasteiger partial charge in [0.25, 0.3) is 0 Å². The number of carbonyl (C=O) groups is 1. The first-order chi connectivity index (χ1) is 18.0. The van der Waals surface area contributed by atoms with E-state index in [0.717, 1.165) is 79.3 Å². The van der Waals surface area contributed by atoms with E-state index in [9.17, 15) is 4.79 Å². The molecule has 37 heavy (non-hydrogen) atoms. The molecule has 1 N–H and O–H groups in total. The van der Waals surface area contributed by atoms with E-state index in [4.69, 9.17) is 4.98 Å². The number of aromatic nitrogens is 2. The zero-order chi connectivity index (χ0) is 25.5. The number of nitrogens with zero attached hydrogens (tertiary/aromatic N) is 6. The molecule has 0 radical (unpaired) electrons. The van der Waals surface area contributed by atoms with Crippen LogP contribution in [0.1, 0.15) is 36.0 Å². The summed E-state index contributed by atoms with van der Waals surface area (Å²) in [6.45, 7) is 8.86. The van der Waals surface area contributed by atoms with Gasteiger partial charge in [0, 0.05) is 55.4 Å². The van der Waals surface area contributed by atoms with Gasteiger partial charge in [-0.3, -0.25) is 9.80 Å². The highest BCUT2D eigenvalue weighted by Gasteiger charge is 2.40. The molecular weight excluding hydrogens is 462 g/mol. The average molecular weight is 498 g/mol. The van der Waals surface area contributed by atoms with Gasteiger partial charge in [-0.25, -0.2) is 9.78 Å². The van der Waals surface area contributed by atoms with E-state index in [2.05, 4.69) is 77.4 Å². The smallest absolute Gasteiger partial charge is 0.330 e. The highest BCUT2D eigenvalue weighted by molar-refractivity contribution is 6.06. The molecule has 0 bridgehead atoms. The Morgan fingerprint density at radius 2 is 1.65 bits per heavy atom. The van der Waals surface area contributed by atoms with Crippen molar-refractivity contribution in [1.29, 1.82) is 0 Å². The zero-order valence-electron chi connectivity index (χ0n) is 21.9. The van der Waals surface area contributed by atoms with Gasteiger partial charge >= 0.3 is 6.03 Å². The summed E-state index contributed by atoms with van der Waals surface area (Å²) in [6, 6.07) is 14.8. The molecule has 1 saturated heterocycles. The number of aryl methyl sites for hydroxylation is 2. The topological polar surface area (TPSA) is 67.8 Å². The van der Waals surface area contributed by atoms with E-state index >= 15 is 0 Å². The molecule has 2 aliphatic heterocycles. The van der Waals surface area contributed by atoms with Crippen molar-refractivity contribution in [2.75, 3.05) is 53.2 Å². The van der Waals surface area contributed by atoms with E-state index in [1.807, 2.05) is 22.1 Å². The van der Waals surface area contributed by atoms with Crippen LogP contribution in [0.4, 0.5) is 33.6 Å². The predicted octanol–water partition coefficient (Wildman–Crippen LogP) is 5.09. The lowest BCUT2D eigenvalue weighted by Crippen LogP contribution is -2.54. The second-order valence-electron chi connectivity index (χ2n) is 10.6. The summed E-state index contributed by atoms with van der Waals surface area (Å²) in [5, 5.41) is 3.36. The summed E-state index contributed by atoms with van der Waals surface area (Å²) < 4.78 is 0. The number of anilines is 5. The van der Waals surface area contributed by atoms with Crippen molar-refractivity contribution in [3.05, 3.63) is 65.4 Å². The maximum Gasteiger partial charge on any atom is 0.330 e. The van der Waals surface area contributed by atoms with E-state index in [-0.39, 0.29) is 12.1 Å². The minimum atomic E-state index is 0.00998. The fourth-order valence-electron chi connectivity index (χ4n) is 5.57. The summed E-state index contributed by atoms with van der Waals surface area (Å²) in [4.78, 5) is 32.0. The molecule has 2 amide bonds. The first-order valence-electron chi connectivity index (χ1n) is 13.3. The van der Waals surface area contributed by atoms with Crippen molar-refractivity contribution in [3.63, 3.8) is 0 Å². The van der Waals surface area contributed by atoms with Crippen LogP contribution in [-0.4, -0.2) is 60.2 Å². The Hall–Kier alpha value is -3.65. The lowest BCUT2D eigenvalue weighted by atomic mass is 9.90. The Labute approximate surface area is 218 Å². The number of nitrogens with one attached hydrogen (secondary N) is 1. The number of piperazine rings is 1. The lowest BCUT2D eigenvalue weighted by Gasteiger charge is -2.44. The molecule has 8 nitrogen and oxygen atoms in total. The number of rotatable bonds is 5. The SMILES string of the molecule is Cc1cccc(C)c1N1Cc2cnc(Nc3ccc(N4CCN(C)CC4)cc3)nc2N(C2CCC2)C1=O. The maximum absolute atomic E-state index is 13.9. The van der Waals surface area contributed by atoms with Gasteiger partial charge in [-0.05, 0) is 75.5 Å². The molecule has 0 spiro atoms. The normalized spacial score (nSPS) is 18.6. The minimum Gasteiger partial charge on any atom is -0.369 e. The molecule has 8 heteroatoms. The van der Waals surface area contributed by atoms with Crippen molar-refractivity contribution in [3.8, 4) is 0 Å². The average Bonchev–Trinajstić information content (AvgIpc) is 2.86. The third-order valence-corrected chi connectivity index (χ3v) is 7.98. The Morgan fingerprint density at radius 1 is 0.946 bits per heavy atom. The molecule has 2 fully saturated rings. The number of carbonyl (C=O) groups excluding carboxylic acids is 1. The Morgan fingerprint density at radius 3 is 2.30 bits per heavy atom. The number of hydrogen-bond donors (Lipinski definition) is 1. The third-order valence-electron chi connectivity index (χ3n) is 7.98. The number of fused-ring (bicyclic) bond motifs is 1. The molecular formula is C29H35N7O. The lowest BCUT2D eigenvalue weighted by molar-refractivity contribution is 0.242. The van der Waals surface area contributed by atoms with Gasteiger partial charge in [-0.15, -0.1) is 0 Å². The fraction of sp³-hybridized carbons (Fsp3) is 0.414. The van der Waals surface area contributed by atoms with E-state index in [0.29, 0.717) is 12.5 Å². The number of benzene rings is 2. The molecule has 2 aromatic carbocycles. The molecule has 3 aliphatic rings. The number of hydrogen-bond acceptors (Lipinski definition) is 6. The van der Waals surface area contributed by atoms with Crippen LogP contribution in [0.2, 0.25) is 0 Å². The monoisotopic (exact) mass is 497 g/mol. The Balaban J connectivity index is 1.26. The van der Waals surface area contributed by atoms with Crippen LogP contribution in [0.3, 0.4) is 0 Å². The van der Waals surface area contributed by atoms with Gasteiger partial charge in [0.15, 0.2) is 0 Å². The fourth-order valence-corrected chi connectivity index (χ4v) is 5.57. The largest absolute Gasteiger partial charge is 0.369 e. The van der Waals surface area contributed by atoms with Crippen LogP contribution < -0.4 is 20.0 Å². The van der Waals surface area contributed by atoms with Crippen molar-refractivity contribution >= 4 is 34.9 Å². The molecule has 192 valence electrons. The molecule has 6 rings (SSSR count). The van der Waals surface area contributed by atoms with Crippen LogP contribution in [-0.2, 0) is 6.54 Å². The van der Waals surface area contributed by atoms with Crippen LogP contribution in [0, 0.1) is 13.8 Å². The molecule has 1 aliphatic carbocycles. The summed E-state index contributed by atoms with van der Waals surface area (Å²) in [7, 11) is 2.17. The van der Waals surface area contributed by atoms with Gasteiger partial charge in [0.05, 0.1) is 12.2 Å². The standard InChI is InChI=1S/C29H35N7O/c1-20-6-4-7-21(2)26(20)35-19-22-18-30-28(32-27(22)36(29(35)37)25-8-5-9-25)31-23-10-12-24(13-11-23)34-16-14-33(3)15-17-34/h4,6-7,10-13,18,25H,5,8-9,14-17,19H2,1-3H3,(H,30,31,32). The van der Waals surface area contributed by atoms with Crippen molar-refractivity contribution in [2.24, 2.45) is 0 Å².